The molecule has 0 amide bonds. The molecule has 5 unspecified atom stereocenters. The van der Waals surface area contributed by atoms with Gasteiger partial charge in [-0.1, -0.05) is 48.0 Å². The molecule has 0 aromatic heterocycles. The Kier molecular flexibility index (Phi) is 8.89. The van der Waals surface area contributed by atoms with Crippen LogP contribution in [0, 0.1) is 23.7 Å². The summed E-state index contributed by atoms with van der Waals surface area (Å²) in [6.07, 6.45) is 5.33. The van der Waals surface area contributed by atoms with Crippen LogP contribution in [-0.2, 0) is 0 Å². The van der Waals surface area contributed by atoms with Gasteiger partial charge in [-0.15, -0.1) is 0 Å². The molecule has 21 heavy (non-hydrogen) atoms. The summed E-state index contributed by atoms with van der Waals surface area (Å²) in [4.78, 5) is 2.70. The molecule has 1 saturated carbocycles. The lowest BCUT2D eigenvalue weighted by molar-refractivity contribution is 0.0964. The van der Waals surface area contributed by atoms with Gasteiger partial charge in [-0.2, -0.15) is 0 Å². The second kappa shape index (κ2) is 9.84. The van der Waals surface area contributed by atoms with Crippen LogP contribution >= 0.6 is 0 Å². The van der Waals surface area contributed by atoms with Crippen molar-refractivity contribution in [1.29, 1.82) is 0 Å². The van der Waals surface area contributed by atoms with Gasteiger partial charge in [0.25, 0.3) is 0 Å². The third kappa shape index (κ3) is 6.28. The van der Waals surface area contributed by atoms with Gasteiger partial charge in [0.15, 0.2) is 0 Å². The lowest BCUT2D eigenvalue weighted by Crippen LogP contribution is -2.49. The summed E-state index contributed by atoms with van der Waals surface area (Å²) >= 11 is 0. The van der Waals surface area contributed by atoms with Crippen molar-refractivity contribution in [2.75, 3.05) is 26.2 Å². The third-order valence-corrected chi connectivity index (χ3v) is 5.52. The average Bonchev–Trinajstić information content (AvgIpc) is 2.46. The van der Waals surface area contributed by atoms with Gasteiger partial charge in [0, 0.05) is 19.1 Å². The van der Waals surface area contributed by atoms with Crippen molar-refractivity contribution >= 4 is 0 Å². The van der Waals surface area contributed by atoms with Gasteiger partial charge in [0.2, 0.25) is 0 Å². The highest BCUT2D eigenvalue weighted by Crippen LogP contribution is 2.34. The minimum Gasteiger partial charge on any atom is -0.314 e. The van der Waals surface area contributed by atoms with Crippen molar-refractivity contribution in [2.24, 2.45) is 23.7 Å². The maximum Gasteiger partial charge on any atom is 0.0113 e. The average molecular weight is 297 g/mol. The van der Waals surface area contributed by atoms with Crippen LogP contribution in [0.2, 0.25) is 0 Å². The van der Waals surface area contributed by atoms with E-state index < -0.39 is 0 Å². The molecule has 1 aliphatic rings. The van der Waals surface area contributed by atoms with E-state index in [0.717, 1.165) is 29.7 Å². The van der Waals surface area contributed by atoms with E-state index >= 15 is 0 Å². The van der Waals surface area contributed by atoms with Crippen LogP contribution in [0.3, 0.4) is 0 Å². The lowest BCUT2D eigenvalue weighted by atomic mass is 9.72. The third-order valence-electron chi connectivity index (χ3n) is 5.52. The number of hydrogen-bond donors (Lipinski definition) is 1. The molecule has 1 fully saturated rings. The van der Waals surface area contributed by atoms with Gasteiger partial charge in [-0.25, -0.2) is 0 Å². The van der Waals surface area contributed by atoms with Crippen molar-refractivity contribution in [1.82, 2.24) is 10.2 Å². The normalized spacial score (nSPS) is 31.6. The highest BCUT2D eigenvalue weighted by molar-refractivity contribution is 4.89. The molecule has 0 heterocycles. The monoisotopic (exact) mass is 296 g/mol. The topological polar surface area (TPSA) is 15.3 Å². The van der Waals surface area contributed by atoms with E-state index in [1.54, 1.807) is 0 Å². The zero-order valence-corrected chi connectivity index (χ0v) is 15.5. The standard InChI is InChI=1S/C19H40N2/c1-7-10-20-19-12-16(5)11-17(6)18(19)14-21(9-3)13-15(4)8-2/h15-20H,7-14H2,1-6H3. The van der Waals surface area contributed by atoms with E-state index in [4.69, 9.17) is 0 Å². The number of hydrogen-bond acceptors (Lipinski definition) is 2. The van der Waals surface area contributed by atoms with Crippen LogP contribution in [0.5, 0.6) is 0 Å². The Hall–Kier alpha value is -0.0800. The highest BCUT2D eigenvalue weighted by Gasteiger charge is 2.34. The number of rotatable bonds is 9. The minimum atomic E-state index is 0.731. The molecule has 1 N–H and O–H groups in total. The summed E-state index contributed by atoms with van der Waals surface area (Å²) in [6.45, 7) is 19.2. The first kappa shape index (κ1) is 19.0. The van der Waals surface area contributed by atoms with Gasteiger partial charge in [0.1, 0.15) is 0 Å². The van der Waals surface area contributed by atoms with Gasteiger partial charge in [-0.05, 0) is 56.0 Å². The predicted octanol–water partition coefficient (Wildman–Crippen LogP) is 4.40. The van der Waals surface area contributed by atoms with Crippen molar-refractivity contribution in [3.05, 3.63) is 0 Å². The summed E-state index contributed by atoms with van der Waals surface area (Å²) in [6, 6.07) is 0.731. The van der Waals surface area contributed by atoms with Crippen LogP contribution in [0.25, 0.3) is 0 Å². The van der Waals surface area contributed by atoms with Crippen molar-refractivity contribution in [3.8, 4) is 0 Å². The first-order valence-electron chi connectivity index (χ1n) is 9.47. The first-order chi connectivity index (χ1) is 10.0. The Balaban J connectivity index is 2.64. The highest BCUT2D eigenvalue weighted by atomic mass is 15.1. The molecule has 0 saturated heterocycles. The smallest absolute Gasteiger partial charge is 0.0113 e. The fraction of sp³-hybridized carbons (Fsp3) is 1.00. The van der Waals surface area contributed by atoms with Crippen LogP contribution in [0.15, 0.2) is 0 Å². The SMILES string of the molecule is CCCNC1CC(C)CC(C)C1CN(CC)CC(C)CC. The van der Waals surface area contributed by atoms with Gasteiger partial charge in [-0.3, -0.25) is 0 Å². The molecule has 5 atom stereocenters. The number of nitrogens with one attached hydrogen (secondary N) is 1. The molecule has 0 aliphatic heterocycles. The Labute approximate surface area is 134 Å². The number of nitrogens with zero attached hydrogens (tertiary/aromatic N) is 1. The second-order valence-corrected chi connectivity index (χ2v) is 7.64. The molecule has 0 spiro atoms. The lowest BCUT2D eigenvalue weighted by Gasteiger charge is -2.43. The molecule has 0 aromatic carbocycles. The van der Waals surface area contributed by atoms with Crippen LogP contribution in [0.1, 0.15) is 67.2 Å². The largest absolute Gasteiger partial charge is 0.314 e. The van der Waals surface area contributed by atoms with Crippen LogP contribution < -0.4 is 5.32 Å². The van der Waals surface area contributed by atoms with Gasteiger partial charge < -0.3 is 10.2 Å². The zero-order chi connectivity index (χ0) is 15.8. The summed E-state index contributed by atoms with van der Waals surface area (Å²) in [7, 11) is 0. The summed E-state index contributed by atoms with van der Waals surface area (Å²) in [5, 5.41) is 3.85. The summed E-state index contributed by atoms with van der Waals surface area (Å²) in [5.41, 5.74) is 0. The molecule has 126 valence electrons. The molecular weight excluding hydrogens is 256 g/mol. The van der Waals surface area contributed by atoms with Crippen molar-refractivity contribution < 1.29 is 0 Å². The molecule has 2 nitrogen and oxygen atoms in total. The second-order valence-electron chi connectivity index (χ2n) is 7.64. The Bertz CT molecular complexity index is 266. The van der Waals surface area contributed by atoms with Crippen molar-refractivity contribution in [3.63, 3.8) is 0 Å². The van der Waals surface area contributed by atoms with E-state index in [0.29, 0.717) is 0 Å². The summed E-state index contributed by atoms with van der Waals surface area (Å²) in [5.74, 6) is 3.39. The summed E-state index contributed by atoms with van der Waals surface area (Å²) < 4.78 is 0. The van der Waals surface area contributed by atoms with E-state index in [2.05, 4.69) is 51.8 Å². The maximum atomic E-state index is 3.85. The Morgan fingerprint density at radius 2 is 1.86 bits per heavy atom. The van der Waals surface area contributed by atoms with Gasteiger partial charge >= 0.3 is 0 Å². The minimum absolute atomic E-state index is 0.731. The maximum absolute atomic E-state index is 3.85. The molecule has 1 rings (SSSR count). The van der Waals surface area contributed by atoms with E-state index in [9.17, 15) is 0 Å². The van der Waals surface area contributed by atoms with Gasteiger partial charge in [0.05, 0.1) is 0 Å². The van der Waals surface area contributed by atoms with Crippen LogP contribution in [-0.4, -0.2) is 37.1 Å². The van der Waals surface area contributed by atoms with E-state index in [1.165, 1.54) is 51.9 Å². The Morgan fingerprint density at radius 1 is 1.14 bits per heavy atom. The molecule has 0 aromatic rings. The zero-order valence-electron chi connectivity index (χ0n) is 15.5. The Morgan fingerprint density at radius 3 is 2.43 bits per heavy atom. The van der Waals surface area contributed by atoms with E-state index in [-0.39, 0.29) is 0 Å². The van der Waals surface area contributed by atoms with Crippen molar-refractivity contribution in [2.45, 2.75) is 73.3 Å². The molecule has 0 bridgehead atoms. The molecule has 1 aliphatic carbocycles. The van der Waals surface area contributed by atoms with E-state index in [1.807, 2.05) is 0 Å². The fourth-order valence-corrected chi connectivity index (χ4v) is 3.98. The first-order valence-corrected chi connectivity index (χ1v) is 9.47. The quantitative estimate of drug-likeness (QED) is 0.678. The molecule has 2 heteroatoms. The predicted molar refractivity (Wildman–Crippen MR) is 94.7 cm³/mol. The van der Waals surface area contributed by atoms with Crippen LogP contribution in [0.4, 0.5) is 0 Å². The molecular formula is C19H40N2. The molecule has 0 radical (unpaired) electrons. The fourth-order valence-electron chi connectivity index (χ4n) is 3.98.